The molecule has 180 valence electrons. The molecule has 0 saturated heterocycles. The zero-order valence-electron chi connectivity index (χ0n) is 19.4. The summed E-state index contributed by atoms with van der Waals surface area (Å²) in [6.45, 7) is 4.07. The van der Waals surface area contributed by atoms with E-state index in [9.17, 15) is 9.59 Å². The van der Waals surface area contributed by atoms with E-state index in [1.807, 2.05) is 31.2 Å². The molecule has 0 saturated carbocycles. The molecule has 4 rings (SSSR count). The Balaban J connectivity index is 1.51. The molecule has 35 heavy (non-hydrogen) atoms. The number of amides is 2. The fourth-order valence-corrected chi connectivity index (χ4v) is 3.54. The summed E-state index contributed by atoms with van der Waals surface area (Å²) in [5.74, 6) is 0.956. The molecule has 2 aromatic carbocycles. The number of carbonyl (C=O) groups excluding carboxylic acids is 2. The summed E-state index contributed by atoms with van der Waals surface area (Å²) in [6.07, 6.45) is 1.94. The summed E-state index contributed by atoms with van der Waals surface area (Å²) >= 11 is 6.01. The van der Waals surface area contributed by atoms with Gasteiger partial charge in [0.2, 0.25) is 17.7 Å². The van der Waals surface area contributed by atoms with Crippen molar-refractivity contribution in [2.75, 3.05) is 11.9 Å². The van der Waals surface area contributed by atoms with Gasteiger partial charge in [0, 0.05) is 23.2 Å². The molecule has 0 bridgehead atoms. The van der Waals surface area contributed by atoms with Crippen LogP contribution in [0.5, 0.6) is 11.6 Å². The van der Waals surface area contributed by atoms with E-state index in [1.54, 1.807) is 43.5 Å². The molecule has 2 N–H and O–H groups in total. The van der Waals surface area contributed by atoms with Crippen LogP contribution in [-0.4, -0.2) is 45.5 Å². The van der Waals surface area contributed by atoms with Crippen LogP contribution in [0.3, 0.4) is 0 Å². The summed E-state index contributed by atoms with van der Waals surface area (Å²) in [5, 5.41) is 14.4. The van der Waals surface area contributed by atoms with E-state index in [4.69, 9.17) is 16.3 Å². The molecule has 9 nitrogen and oxygen atoms in total. The maximum atomic E-state index is 13.3. The number of hydrogen-bond donors (Lipinski definition) is 2. The summed E-state index contributed by atoms with van der Waals surface area (Å²) in [6, 6.07) is 15.5. The number of aliphatic imine (C=N–C) groups is 1. The zero-order chi connectivity index (χ0) is 24.8. The number of guanidine groups is 1. The van der Waals surface area contributed by atoms with Gasteiger partial charge in [-0.3, -0.25) is 14.5 Å². The Labute approximate surface area is 208 Å². The second-order valence-electron chi connectivity index (χ2n) is 8.01. The Hall–Kier alpha value is -3.98. The van der Waals surface area contributed by atoms with Crippen LogP contribution in [0.1, 0.15) is 24.5 Å². The van der Waals surface area contributed by atoms with Gasteiger partial charge in [-0.2, -0.15) is 5.10 Å². The maximum absolute atomic E-state index is 13.3. The third kappa shape index (κ3) is 6.33. The number of nitrogens with zero attached hydrogens (tertiary/aromatic N) is 4. The minimum atomic E-state index is -0.716. The largest absolute Gasteiger partial charge is 0.438 e. The Bertz CT molecular complexity index is 1230. The molecule has 1 atom stereocenters. The lowest BCUT2D eigenvalue weighted by molar-refractivity contribution is -0.133. The quantitative estimate of drug-likeness (QED) is 0.517. The van der Waals surface area contributed by atoms with E-state index in [0.29, 0.717) is 29.0 Å². The first-order valence-corrected chi connectivity index (χ1v) is 11.5. The van der Waals surface area contributed by atoms with Crippen LogP contribution < -0.4 is 15.4 Å². The molecular weight excluding hydrogens is 468 g/mol. The van der Waals surface area contributed by atoms with E-state index < -0.39 is 6.04 Å². The Morgan fingerprint density at radius 3 is 2.60 bits per heavy atom. The fourth-order valence-electron chi connectivity index (χ4n) is 3.41. The molecular formula is C25H25ClN6O3. The highest BCUT2D eigenvalue weighted by atomic mass is 35.5. The van der Waals surface area contributed by atoms with Gasteiger partial charge in [0.1, 0.15) is 11.8 Å². The molecule has 2 heterocycles. The number of hydrogen-bond acceptors (Lipinski definition) is 7. The van der Waals surface area contributed by atoms with Crippen LogP contribution >= 0.6 is 11.6 Å². The number of anilines is 1. The number of carbonyl (C=O) groups is 2. The van der Waals surface area contributed by atoms with Gasteiger partial charge < -0.3 is 15.4 Å². The van der Waals surface area contributed by atoms with Crippen LogP contribution in [0.2, 0.25) is 5.02 Å². The van der Waals surface area contributed by atoms with Crippen molar-refractivity contribution in [2.24, 2.45) is 4.99 Å². The number of ether oxygens (including phenoxy) is 1. The van der Waals surface area contributed by atoms with Gasteiger partial charge in [0.25, 0.3) is 5.91 Å². The van der Waals surface area contributed by atoms with Crippen molar-refractivity contribution < 1.29 is 14.3 Å². The van der Waals surface area contributed by atoms with Gasteiger partial charge in [0.15, 0.2) is 0 Å². The lowest BCUT2D eigenvalue weighted by Gasteiger charge is -2.32. The van der Waals surface area contributed by atoms with E-state index >= 15 is 0 Å². The number of aryl methyl sites for hydroxylation is 1. The molecule has 10 heteroatoms. The summed E-state index contributed by atoms with van der Waals surface area (Å²) < 4.78 is 5.75. The molecule has 0 fully saturated rings. The highest BCUT2D eigenvalue weighted by Gasteiger charge is 2.33. The molecule has 3 aromatic rings. The molecule has 1 aliphatic rings. The molecule has 1 unspecified atom stereocenters. The van der Waals surface area contributed by atoms with Gasteiger partial charge in [-0.15, -0.1) is 5.10 Å². The lowest BCUT2D eigenvalue weighted by atomic mass is 10.1. The van der Waals surface area contributed by atoms with Crippen molar-refractivity contribution in [3.8, 4) is 11.6 Å². The fraction of sp³-hybridized carbons (Fsp3) is 0.240. The number of aromatic nitrogens is 2. The van der Waals surface area contributed by atoms with Crippen LogP contribution in [0.15, 0.2) is 65.8 Å². The summed E-state index contributed by atoms with van der Waals surface area (Å²) in [7, 11) is 0. The lowest BCUT2D eigenvalue weighted by Crippen LogP contribution is -2.56. The maximum Gasteiger partial charge on any atom is 0.254 e. The van der Waals surface area contributed by atoms with Crippen LogP contribution in [0.25, 0.3) is 0 Å². The minimum Gasteiger partial charge on any atom is -0.438 e. The Kier molecular flexibility index (Phi) is 7.57. The number of benzene rings is 2. The first kappa shape index (κ1) is 24.2. The zero-order valence-corrected chi connectivity index (χ0v) is 20.1. The number of rotatable bonds is 7. The van der Waals surface area contributed by atoms with Crippen molar-refractivity contribution >= 4 is 35.1 Å². The second-order valence-corrected chi connectivity index (χ2v) is 8.45. The number of nitrogens with one attached hydrogen (secondary N) is 2. The average Bonchev–Trinajstić information content (AvgIpc) is 2.85. The van der Waals surface area contributed by atoms with Crippen molar-refractivity contribution in [1.29, 1.82) is 0 Å². The molecule has 2 amide bonds. The Morgan fingerprint density at radius 1 is 1.17 bits per heavy atom. The average molecular weight is 493 g/mol. The SMILES string of the molecule is CCC(=O)NC1CN=C(Nc2ccc(Oc3cc(C)cnn3)cc2)N(Cc2ccc(Cl)cc2)C1=O. The molecule has 0 radical (unpaired) electrons. The number of halogens is 1. The predicted octanol–water partition coefficient (Wildman–Crippen LogP) is 3.94. The minimum absolute atomic E-state index is 0.150. The second kappa shape index (κ2) is 11.0. The monoisotopic (exact) mass is 492 g/mol. The third-order valence-corrected chi connectivity index (χ3v) is 5.51. The van der Waals surface area contributed by atoms with Crippen molar-refractivity contribution in [1.82, 2.24) is 20.4 Å². The van der Waals surface area contributed by atoms with Crippen molar-refractivity contribution in [2.45, 2.75) is 32.9 Å². The van der Waals surface area contributed by atoms with Crippen LogP contribution in [0.4, 0.5) is 5.69 Å². The van der Waals surface area contributed by atoms with E-state index in [2.05, 4.69) is 25.8 Å². The van der Waals surface area contributed by atoms with Gasteiger partial charge >= 0.3 is 0 Å². The molecule has 0 spiro atoms. The summed E-state index contributed by atoms with van der Waals surface area (Å²) in [5.41, 5.74) is 2.54. The van der Waals surface area contributed by atoms with E-state index in [-0.39, 0.29) is 24.9 Å². The molecule has 0 aliphatic carbocycles. The normalized spacial score (nSPS) is 15.4. The van der Waals surface area contributed by atoms with E-state index in [0.717, 1.165) is 16.8 Å². The third-order valence-electron chi connectivity index (χ3n) is 5.26. The molecule has 1 aliphatic heterocycles. The van der Waals surface area contributed by atoms with Crippen LogP contribution in [0, 0.1) is 6.92 Å². The summed E-state index contributed by atoms with van der Waals surface area (Å²) in [4.78, 5) is 31.3. The van der Waals surface area contributed by atoms with Gasteiger partial charge in [-0.1, -0.05) is 30.7 Å². The van der Waals surface area contributed by atoms with Gasteiger partial charge in [-0.05, 0) is 54.4 Å². The van der Waals surface area contributed by atoms with Gasteiger partial charge in [0.05, 0.1) is 19.3 Å². The van der Waals surface area contributed by atoms with E-state index in [1.165, 1.54) is 4.90 Å². The first-order valence-electron chi connectivity index (χ1n) is 11.1. The highest BCUT2D eigenvalue weighted by Crippen LogP contribution is 2.23. The smallest absolute Gasteiger partial charge is 0.254 e. The molecule has 1 aromatic heterocycles. The van der Waals surface area contributed by atoms with Gasteiger partial charge in [-0.25, -0.2) is 4.99 Å². The first-order chi connectivity index (χ1) is 16.9. The highest BCUT2D eigenvalue weighted by molar-refractivity contribution is 6.30. The van der Waals surface area contributed by atoms with Crippen molar-refractivity contribution in [3.63, 3.8) is 0 Å². The topological polar surface area (TPSA) is 109 Å². The Morgan fingerprint density at radius 2 is 1.91 bits per heavy atom. The standard InChI is InChI=1S/C25H25ClN6O3/c1-3-22(33)30-21-14-27-25(32(24(21)34)15-17-4-6-18(26)7-5-17)29-19-8-10-20(11-9-19)35-23-12-16(2)13-28-31-23/h4-13,21H,3,14-15H2,1-2H3,(H,27,29)(H,30,33). The van der Waals surface area contributed by atoms with Crippen molar-refractivity contribution in [3.05, 3.63) is 76.9 Å². The predicted molar refractivity (Wildman–Crippen MR) is 133 cm³/mol. The van der Waals surface area contributed by atoms with Crippen LogP contribution in [-0.2, 0) is 16.1 Å².